The van der Waals surface area contributed by atoms with Crippen molar-refractivity contribution in [2.45, 2.75) is 46.4 Å². The standard InChI is InChI=1S/C26H28FNO3/c1-4-24(31-25-7-5-6-18(2)19(25)3)26(29)28-16-20-10-14-23(15-11-20)30-17-21-8-12-22(27)13-9-21/h5-15,24H,4,16-17H2,1-3H3,(H,28,29). The van der Waals surface area contributed by atoms with Gasteiger partial charge in [-0.15, -0.1) is 0 Å². The lowest BCUT2D eigenvalue weighted by molar-refractivity contribution is -0.128. The van der Waals surface area contributed by atoms with Crippen LogP contribution in [0, 0.1) is 19.7 Å². The van der Waals surface area contributed by atoms with Crippen LogP contribution in [-0.2, 0) is 17.9 Å². The van der Waals surface area contributed by atoms with Gasteiger partial charge in [-0.3, -0.25) is 4.79 Å². The molecular weight excluding hydrogens is 393 g/mol. The molecule has 5 heteroatoms. The van der Waals surface area contributed by atoms with Crippen molar-refractivity contribution in [3.8, 4) is 11.5 Å². The third-order valence-corrected chi connectivity index (χ3v) is 5.20. The number of hydrogen-bond acceptors (Lipinski definition) is 3. The number of halogens is 1. The van der Waals surface area contributed by atoms with Crippen molar-refractivity contribution >= 4 is 5.91 Å². The molecule has 1 unspecified atom stereocenters. The summed E-state index contributed by atoms with van der Waals surface area (Å²) in [6.45, 7) is 6.72. The molecule has 1 N–H and O–H groups in total. The Morgan fingerprint density at radius 1 is 0.968 bits per heavy atom. The first-order chi connectivity index (χ1) is 15.0. The molecule has 4 nitrogen and oxygen atoms in total. The summed E-state index contributed by atoms with van der Waals surface area (Å²) in [7, 11) is 0. The number of amides is 1. The summed E-state index contributed by atoms with van der Waals surface area (Å²) in [5.41, 5.74) is 4.04. The van der Waals surface area contributed by atoms with Crippen LogP contribution in [0.4, 0.5) is 4.39 Å². The smallest absolute Gasteiger partial charge is 0.261 e. The topological polar surface area (TPSA) is 47.6 Å². The van der Waals surface area contributed by atoms with Gasteiger partial charge in [-0.1, -0.05) is 43.3 Å². The molecule has 0 saturated heterocycles. The maximum Gasteiger partial charge on any atom is 0.261 e. The van der Waals surface area contributed by atoms with E-state index in [0.717, 1.165) is 28.0 Å². The van der Waals surface area contributed by atoms with Gasteiger partial charge in [0.15, 0.2) is 6.10 Å². The Balaban J connectivity index is 1.50. The van der Waals surface area contributed by atoms with Gasteiger partial charge in [0.2, 0.25) is 0 Å². The minimum atomic E-state index is -0.543. The molecule has 0 fully saturated rings. The third-order valence-electron chi connectivity index (χ3n) is 5.20. The van der Waals surface area contributed by atoms with Crippen molar-refractivity contribution < 1.29 is 18.7 Å². The number of nitrogens with one attached hydrogen (secondary N) is 1. The highest BCUT2D eigenvalue weighted by Gasteiger charge is 2.19. The van der Waals surface area contributed by atoms with Crippen LogP contribution in [0.25, 0.3) is 0 Å². The summed E-state index contributed by atoms with van der Waals surface area (Å²) < 4.78 is 24.7. The van der Waals surface area contributed by atoms with Crippen LogP contribution in [0.5, 0.6) is 11.5 Å². The average molecular weight is 422 g/mol. The number of hydrogen-bond donors (Lipinski definition) is 1. The van der Waals surface area contributed by atoms with E-state index in [2.05, 4.69) is 5.32 Å². The average Bonchev–Trinajstić information content (AvgIpc) is 2.79. The van der Waals surface area contributed by atoms with Crippen molar-refractivity contribution in [1.82, 2.24) is 5.32 Å². The van der Waals surface area contributed by atoms with Gasteiger partial charge in [0.25, 0.3) is 5.91 Å². The summed E-state index contributed by atoms with van der Waals surface area (Å²) in [5, 5.41) is 2.95. The van der Waals surface area contributed by atoms with Gasteiger partial charge in [0.05, 0.1) is 0 Å². The van der Waals surface area contributed by atoms with E-state index >= 15 is 0 Å². The number of aryl methyl sites for hydroxylation is 1. The summed E-state index contributed by atoms with van der Waals surface area (Å²) in [6.07, 6.45) is 0.0360. The second-order valence-electron chi connectivity index (χ2n) is 7.49. The molecule has 0 aliphatic heterocycles. The second kappa shape index (κ2) is 10.6. The van der Waals surface area contributed by atoms with Gasteiger partial charge >= 0.3 is 0 Å². The van der Waals surface area contributed by atoms with Crippen molar-refractivity contribution in [2.24, 2.45) is 0 Å². The van der Waals surface area contributed by atoms with Crippen molar-refractivity contribution in [3.05, 3.63) is 94.8 Å². The monoisotopic (exact) mass is 421 g/mol. The lowest BCUT2D eigenvalue weighted by Gasteiger charge is -2.19. The molecule has 31 heavy (non-hydrogen) atoms. The summed E-state index contributed by atoms with van der Waals surface area (Å²) >= 11 is 0. The van der Waals surface area contributed by atoms with E-state index in [-0.39, 0.29) is 11.7 Å². The largest absolute Gasteiger partial charge is 0.489 e. The van der Waals surface area contributed by atoms with Crippen LogP contribution in [0.2, 0.25) is 0 Å². The summed E-state index contributed by atoms with van der Waals surface area (Å²) in [4.78, 5) is 12.6. The molecular formula is C26H28FNO3. The molecule has 0 radical (unpaired) electrons. The van der Waals surface area contributed by atoms with E-state index in [1.54, 1.807) is 12.1 Å². The molecule has 0 spiro atoms. The zero-order chi connectivity index (χ0) is 22.2. The Morgan fingerprint density at radius 3 is 2.32 bits per heavy atom. The SMILES string of the molecule is CCC(Oc1cccc(C)c1C)C(=O)NCc1ccc(OCc2ccc(F)cc2)cc1. The predicted molar refractivity (Wildman–Crippen MR) is 120 cm³/mol. The molecule has 0 bridgehead atoms. The molecule has 3 aromatic carbocycles. The van der Waals surface area contributed by atoms with Crippen LogP contribution in [-0.4, -0.2) is 12.0 Å². The molecule has 0 aliphatic carbocycles. The van der Waals surface area contributed by atoms with Crippen LogP contribution in [0.15, 0.2) is 66.7 Å². The van der Waals surface area contributed by atoms with E-state index < -0.39 is 6.10 Å². The van der Waals surface area contributed by atoms with Gasteiger partial charge in [-0.05, 0) is 72.9 Å². The fourth-order valence-corrected chi connectivity index (χ4v) is 3.08. The minimum Gasteiger partial charge on any atom is -0.489 e. The Bertz CT molecular complexity index is 1000. The highest BCUT2D eigenvalue weighted by Crippen LogP contribution is 2.22. The molecule has 3 aromatic rings. The highest BCUT2D eigenvalue weighted by atomic mass is 19.1. The van der Waals surface area contributed by atoms with Gasteiger partial charge in [0.1, 0.15) is 23.9 Å². The first-order valence-corrected chi connectivity index (χ1v) is 10.4. The molecule has 1 amide bonds. The molecule has 0 saturated carbocycles. The summed E-state index contributed by atoms with van der Waals surface area (Å²) in [6, 6.07) is 19.6. The predicted octanol–water partition coefficient (Wildman–Crippen LogP) is 5.50. The van der Waals surface area contributed by atoms with Crippen molar-refractivity contribution in [1.29, 1.82) is 0 Å². The molecule has 0 heterocycles. The Hall–Kier alpha value is -3.34. The van der Waals surface area contributed by atoms with Gasteiger partial charge < -0.3 is 14.8 Å². The van der Waals surface area contributed by atoms with Gasteiger partial charge in [-0.25, -0.2) is 4.39 Å². The van der Waals surface area contributed by atoms with E-state index in [4.69, 9.17) is 9.47 Å². The van der Waals surface area contributed by atoms with Gasteiger partial charge in [-0.2, -0.15) is 0 Å². The van der Waals surface area contributed by atoms with E-state index in [0.29, 0.717) is 25.3 Å². The number of rotatable bonds is 9. The lowest BCUT2D eigenvalue weighted by atomic mass is 10.1. The van der Waals surface area contributed by atoms with Crippen LogP contribution in [0.1, 0.15) is 35.6 Å². The zero-order valence-electron chi connectivity index (χ0n) is 18.2. The Morgan fingerprint density at radius 2 is 1.65 bits per heavy atom. The fourth-order valence-electron chi connectivity index (χ4n) is 3.08. The quantitative estimate of drug-likeness (QED) is 0.497. The third kappa shape index (κ3) is 6.32. The minimum absolute atomic E-state index is 0.139. The van der Waals surface area contributed by atoms with Crippen LogP contribution < -0.4 is 14.8 Å². The molecule has 3 rings (SSSR count). The van der Waals surface area contributed by atoms with Crippen molar-refractivity contribution in [3.63, 3.8) is 0 Å². The van der Waals surface area contributed by atoms with Gasteiger partial charge in [0, 0.05) is 6.54 Å². The zero-order valence-corrected chi connectivity index (χ0v) is 18.2. The van der Waals surface area contributed by atoms with Crippen LogP contribution >= 0.6 is 0 Å². The van der Waals surface area contributed by atoms with Crippen LogP contribution in [0.3, 0.4) is 0 Å². The lowest BCUT2D eigenvalue weighted by Crippen LogP contribution is -2.37. The fraction of sp³-hybridized carbons (Fsp3) is 0.269. The molecule has 0 aliphatic rings. The highest BCUT2D eigenvalue weighted by molar-refractivity contribution is 5.81. The van der Waals surface area contributed by atoms with E-state index in [1.807, 2.05) is 63.2 Å². The molecule has 1 atom stereocenters. The first kappa shape index (κ1) is 22.3. The number of carbonyl (C=O) groups is 1. The Labute approximate surface area is 183 Å². The first-order valence-electron chi connectivity index (χ1n) is 10.4. The van der Waals surface area contributed by atoms with E-state index in [1.165, 1.54) is 12.1 Å². The Kier molecular flexibility index (Phi) is 7.65. The maximum absolute atomic E-state index is 13.0. The summed E-state index contributed by atoms with van der Waals surface area (Å²) in [5.74, 6) is 1.05. The van der Waals surface area contributed by atoms with E-state index in [9.17, 15) is 9.18 Å². The maximum atomic E-state index is 13.0. The molecule has 0 aromatic heterocycles. The number of carbonyl (C=O) groups excluding carboxylic acids is 1. The van der Waals surface area contributed by atoms with Crippen molar-refractivity contribution in [2.75, 3.05) is 0 Å². The normalized spacial score (nSPS) is 11.6. The number of benzene rings is 3. The number of ether oxygens (including phenoxy) is 2. The second-order valence-corrected chi connectivity index (χ2v) is 7.49. The molecule has 162 valence electrons.